The molecule has 0 bridgehead atoms. The van der Waals surface area contributed by atoms with E-state index in [1.807, 2.05) is 7.05 Å². The fourth-order valence-electron chi connectivity index (χ4n) is 2.68. The van der Waals surface area contributed by atoms with E-state index >= 15 is 0 Å². The molecule has 0 aromatic rings. The summed E-state index contributed by atoms with van der Waals surface area (Å²) in [6, 6.07) is 0.635. The number of nitrogens with zero attached hydrogens (tertiary/aromatic N) is 3. The van der Waals surface area contributed by atoms with Gasteiger partial charge < -0.3 is 19.9 Å². The van der Waals surface area contributed by atoms with Crippen LogP contribution in [-0.4, -0.2) is 74.8 Å². The number of aliphatic imine (C=N–C) groups is 1. The first-order valence-corrected chi connectivity index (χ1v) is 8.39. The Morgan fingerprint density at radius 2 is 2.05 bits per heavy atom. The van der Waals surface area contributed by atoms with Crippen LogP contribution in [0.25, 0.3) is 0 Å². The summed E-state index contributed by atoms with van der Waals surface area (Å²) in [4.78, 5) is 9.15. The first-order valence-electron chi connectivity index (χ1n) is 8.39. The third-order valence-electron chi connectivity index (χ3n) is 4.45. The first kappa shape index (κ1) is 18.2. The van der Waals surface area contributed by atoms with Crippen LogP contribution in [0.15, 0.2) is 4.99 Å². The molecule has 1 heterocycles. The van der Waals surface area contributed by atoms with Crippen LogP contribution in [0.2, 0.25) is 0 Å². The Bertz CT molecular complexity index is 301. The summed E-state index contributed by atoms with van der Waals surface area (Å²) in [7, 11) is 4.06. The van der Waals surface area contributed by atoms with Gasteiger partial charge in [0.1, 0.15) is 0 Å². The molecular weight excluding hydrogens is 264 g/mol. The van der Waals surface area contributed by atoms with Crippen LogP contribution in [0, 0.1) is 0 Å². The van der Waals surface area contributed by atoms with Gasteiger partial charge in [-0.15, -0.1) is 0 Å². The number of likely N-dealkylation sites (tertiary alicyclic amines) is 1. The third-order valence-corrected chi connectivity index (χ3v) is 4.45. The standard InChI is InChI=1S/C16H34N4O/c1-6-14(3)19(5)13-10-18-16(17-4)20-11-8-15(9-12-20)21-7-2/h14-15H,6-13H2,1-5H3,(H,17,18). The SMILES string of the molecule is CCOC1CCN(C(=NC)NCCN(C)C(C)CC)CC1. The zero-order valence-electron chi connectivity index (χ0n) is 14.6. The number of guanidine groups is 1. The molecule has 21 heavy (non-hydrogen) atoms. The molecule has 1 unspecified atom stereocenters. The highest BCUT2D eigenvalue weighted by atomic mass is 16.5. The van der Waals surface area contributed by atoms with E-state index in [1.165, 1.54) is 6.42 Å². The molecule has 0 spiro atoms. The van der Waals surface area contributed by atoms with E-state index in [-0.39, 0.29) is 0 Å². The van der Waals surface area contributed by atoms with Crippen molar-refractivity contribution in [3.8, 4) is 0 Å². The van der Waals surface area contributed by atoms with Crippen LogP contribution in [0.4, 0.5) is 0 Å². The summed E-state index contributed by atoms with van der Waals surface area (Å²) in [6.07, 6.45) is 3.82. The highest BCUT2D eigenvalue weighted by Gasteiger charge is 2.21. The lowest BCUT2D eigenvalue weighted by Gasteiger charge is -2.34. The fraction of sp³-hybridized carbons (Fsp3) is 0.938. The first-order chi connectivity index (χ1) is 10.1. The van der Waals surface area contributed by atoms with Gasteiger partial charge >= 0.3 is 0 Å². The van der Waals surface area contributed by atoms with Crippen molar-refractivity contribution in [3.63, 3.8) is 0 Å². The van der Waals surface area contributed by atoms with E-state index in [0.29, 0.717) is 12.1 Å². The molecule has 1 atom stereocenters. The molecule has 5 nitrogen and oxygen atoms in total. The molecule has 5 heteroatoms. The van der Waals surface area contributed by atoms with Gasteiger partial charge in [0.05, 0.1) is 6.10 Å². The zero-order valence-corrected chi connectivity index (χ0v) is 14.6. The quantitative estimate of drug-likeness (QED) is 0.575. The summed E-state index contributed by atoms with van der Waals surface area (Å²) in [6.45, 7) is 11.4. The normalized spacial score (nSPS) is 19.1. The van der Waals surface area contributed by atoms with Gasteiger partial charge in [0, 0.05) is 45.9 Å². The van der Waals surface area contributed by atoms with Crippen LogP contribution in [0.5, 0.6) is 0 Å². The molecule has 1 fully saturated rings. The Morgan fingerprint density at radius 1 is 1.38 bits per heavy atom. The van der Waals surface area contributed by atoms with E-state index in [1.54, 1.807) is 0 Å². The summed E-state index contributed by atoms with van der Waals surface area (Å²) < 4.78 is 5.70. The van der Waals surface area contributed by atoms with Crippen molar-refractivity contribution in [1.82, 2.24) is 15.1 Å². The van der Waals surface area contributed by atoms with Crippen molar-refractivity contribution in [2.75, 3.05) is 46.9 Å². The average molecular weight is 298 g/mol. The van der Waals surface area contributed by atoms with E-state index in [2.05, 4.69) is 47.9 Å². The van der Waals surface area contributed by atoms with Gasteiger partial charge in [-0.1, -0.05) is 6.92 Å². The van der Waals surface area contributed by atoms with E-state index in [4.69, 9.17) is 4.74 Å². The number of rotatable bonds is 7. The average Bonchev–Trinajstić information content (AvgIpc) is 2.52. The Hall–Kier alpha value is -0.810. The number of nitrogens with one attached hydrogen (secondary N) is 1. The fourth-order valence-corrected chi connectivity index (χ4v) is 2.68. The minimum Gasteiger partial charge on any atom is -0.378 e. The lowest BCUT2D eigenvalue weighted by molar-refractivity contribution is 0.0263. The van der Waals surface area contributed by atoms with Crippen molar-refractivity contribution in [3.05, 3.63) is 0 Å². The monoisotopic (exact) mass is 298 g/mol. The molecule has 124 valence electrons. The van der Waals surface area contributed by atoms with Crippen LogP contribution in [0.1, 0.15) is 40.0 Å². The van der Waals surface area contributed by atoms with Gasteiger partial charge in [0.2, 0.25) is 0 Å². The molecule has 0 saturated carbocycles. The molecule has 0 aromatic heterocycles. The van der Waals surface area contributed by atoms with Gasteiger partial charge in [0.15, 0.2) is 5.96 Å². The molecule has 0 aromatic carbocycles. The second-order valence-corrected chi connectivity index (χ2v) is 5.85. The maximum atomic E-state index is 5.70. The van der Waals surface area contributed by atoms with Crippen molar-refractivity contribution < 1.29 is 4.74 Å². The Morgan fingerprint density at radius 3 is 2.57 bits per heavy atom. The molecule has 1 saturated heterocycles. The second kappa shape index (κ2) is 10.0. The smallest absolute Gasteiger partial charge is 0.193 e. The number of hydrogen-bond acceptors (Lipinski definition) is 3. The minimum atomic E-state index is 0.431. The number of ether oxygens (including phenoxy) is 1. The van der Waals surface area contributed by atoms with Crippen molar-refractivity contribution >= 4 is 5.96 Å². The lowest BCUT2D eigenvalue weighted by Crippen LogP contribution is -2.48. The zero-order chi connectivity index (χ0) is 15.7. The Labute approximate surface area is 130 Å². The topological polar surface area (TPSA) is 40.1 Å². The van der Waals surface area contributed by atoms with Crippen LogP contribution < -0.4 is 5.32 Å². The lowest BCUT2D eigenvalue weighted by atomic mass is 10.1. The van der Waals surface area contributed by atoms with Crippen molar-refractivity contribution in [2.24, 2.45) is 4.99 Å². The van der Waals surface area contributed by atoms with Crippen molar-refractivity contribution in [1.29, 1.82) is 0 Å². The van der Waals surface area contributed by atoms with Gasteiger partial charge in [0.25, 0.3) is 0 Å². The van der Waals surface area contributed by atoms with Gasteiger partial charge in [-0.05, 0) is 40.2 Å². The molecule has 1 aliphatic rings. The van der Waals surface area contributed by atoms with Crippen LogP contribution >= 0.6 is 0 Å². The van der Waals surface area contributed by atoms with E-state index < -0.39 is 0 Å². The number of hydrogen-bond donors (Lipinski definition) is 1. The molecule has 0 radical (unpaired) electrons. The van der Waals surface area contributed by atoms with Gasteiger partial charge in [-0.3, -0.25) is 4.99 Å². The summed E-state index contributed by atoms with van der Waals surface area (Å²) in [5.74, 6) is 1.03. The molecule has 0 amide bonds. The molecule has 0 aliphatic carbocycles. The molecule has 1 N–H and O–H groups in total. The predicted molar refractivity (Wildman–Crippen MR) is 90.0 cm³/mol. The molecule has 1 rings (SSSR count). The highest BCUT2D eigenvalue weighted by Crippen LogP contribution is 2.13. The third kappa shape index (κ3) is 6.22. The summed E-state index contributed by atoms with van der Waals surface area (Å²) in [5.41, 5.74) is 0. The van der Waals surface area contributed by atoms with Crippen molar-refractivity contribution in [2.45, 2.75) is 52.2 Å². The number of piperidine rings is 1. The molecular formula is C16H34N4O. The van der Waals surface area contributed by atoms with Crippen LogP contribution in [0.3, 0.4) is 0 Å². The Kier molecular flexibility index (Phi) is 8.69. The molecule has 1 aliphatic heterocycles. The maximum absolute atomic E-state index is 5.70. The maximum Gasteiger partial charge on any atom is 0.193 e. The van der Waals surface area contributed by atoms with E-state index in [9.17, 15) is 0 Å². The number of likely N-dealkylation sites (N-methyl/N-ethyl adjacent to an activating group) is 1. The summed E-state index contributed by atoms with van der Waals surface area (Å²) in [5, 5.41) is 3.49. The predicted octanol–water partition coefficient (Wildman–Crippen LogP) is 1.79. The highest BCUT2D eigenvalue weighted by molar-refractivity contribution is 5.79. The Balaban J connectivity index is 2.30. The minimum absolute atomic E-state index is 0.431. The summed E-state index contributed by atoms with van der Waals surface area (Å²) >= 11 is 0. The largest absolute Gasteiger partial charge is 0.378 e. The van der Waals surface area contributed by atoms with E-state index in [0.717, 1.165) is 51.6 Å². The van der Waals surface area contributed by atoms with Crippen LogP contribution in [-0.2, 0) is 4.74 Å². The van der Waals surface area contributed by atoms with Gasteiger partial charge in [-0.2, -0.15) is 0 Å². The second-order valence-electron chi connectivity index (χ2n) is 5.85. The van der Waals surface area contributed by atoms with Gasteiger partial charge in [-0.25, -0.2) is 0 Å².